The Labute approximate surface area is 181 Å². The van der Waals surface area contributed by atoms with Gasteiger partial charge in [-0.05, 0) is 61.9 Å². The van der Waals surface area contributed by atoms with Gasteiger partial charge in [0, 0.05) is 24.8 Å². The van der Waals surface area contributed by atoms with E-state index in [1.165, 1.54) is 12.1 Å². The van der Waals surface area contributed by atoms with E-state index in [1.807, 2.05) is 30.9 Å². The number of rotatable bonds is 6. The molecule has 1 fully saturated rings. The number of amides is 1. The molecule has 1 aliphatic heterocycles. The van der Waals surface area contributed by atoms with Crippen LogP contribution in [0.1, 0.15) is 41.3 Å². The van der Waals surface area contributed by atoms with E-state index in [-0.39, 0.29) is 11.3 Å². The van der Waals surface area contributed by atoms with Crippen LogP contribution >= 0.6 is 0 Å². The Hall–Kier alpha value is -3.42. The van der Waals surface area contributed by atoms with Crippen LogP contribution in [0, 0.1) is 29.9 Å². The van der Waals surface area contributed by atoms with Crippen molar-refractivity contribution in [3.63, 3.8) is 0 Å². The van der Waals surface area contributed by atoms with Crippen LogP contribution in [-0.2, 0) is 9.53 Å². The topological polar surface area (TPSA) is 102 Å². The molecule has 1 N–H and O–H groups in total. The Morgan fingerprint density at radius 3 is 2.74 bits per heavy atom. The van der Waals surface area contributed by atoms with Gasteiger partial charge in [0.15, 0.2) is 6.61 Å². The van der Waals surface area contributed by atoms with Crippen molar-refractivity contribution in [2.24, 2.45) is 5.92 Å². The summed E-state index contributed by atoms with van der Waals surface area (Å²) in [5.74, 6) is -0.804. The molecule has 0 saturated carbocycles. The summed E-state index contributed by atoms with van der Waals surface area (Å²) in [6.07, 6.45) is 2.07. The van der Waals surface area contributed by atoms with Crippen molar-refractivity contribution in [1.29, 1.82) is 0 Å². The maximum absolute atomic E-state index is 12.4. The van der Waals surface area contributed by atoms with E-state index in [0.717, 1.165) is 37.1 Å². The van der Waals surface area contributed by atoms with Gasteiger partial charge in [-0.3, -0.25) is 14.9 Å². The lowest BCUT2D eigenvalue weighted by Gasteiger charge is -2.32. The van der Waals surface area contributed by atoms with Crippen LogP contribution in [0.2, 0.25) is 0 Å². The molecule has 1 heterocycles. The number of ether oxygens (including phenoxy) is 1. The summed E-state index contributed by atoms with van der Waals surface area (Å²) in [6, 6.07) is 9.85. The number of hydrogen-bond donors (Lipinski definition) is 1. The standard InChI is InChI=1S/C23H27N3O5/c1-15-6-5-11-25(13-15)20-10-9-18(12-21(20)26(29)30)23(28)31-14-22(27)24-19-8-4-7-16(2)17(19)3/h4,7-10,12,15H,5-6,11,13-14H2,1-3H3,(H,24,27)/t15-/m1/s1. The van der Waals surface area contributed by atoms with Crippen molar-refractivity contribution >= 4 is 28.9 Å². The average molecular weight is 425 g/mol. The fraction of sp³-hybridized carbons (Fsp3) is 0.391. The van der Waals surface area contributed by atoms with Crippen molar-refractivity contribution in [1.82, 2.24) is 0 Å². The molecule has 0 spiro atoms. The molecule has 164 valence electrons. The summed E-state index contributed by atoms with van der Waals surface area (Å²) in [4.78, 5) is 37.7. The maximum Gasteiger partial charge on any atom is 0.338 e. The van der Waals surface area contributed by atoms with E-state index in [0.29, 0.717) is 17.3 Å². The fourth-order valence-electron chi connectivity index (χ4n) is 3.76. The SMILES string of the molecule is Cc1cccc(NC(=O)COC(=O)c2ccc(N3CCC[C@@H](C)C3)c([N+](=O)[O-])c2)c1C. The average Bonchev–Trinajstić information content (AvgIpc) is 2.74. The summed E-state index contributed by atoms with van der Waals surface area (Å²) in [5, 5.41) is 14.3. The van der Waals surface area contributed by atoms with Gasteiger partial charge in [0.25, 0.3) is 11.6 Å². The number of nitrogens with one attached hydrogen (secondary N) is 1. The summed E-state index contributed by atoms with van der Waals surface area (Å²) in [6.45, 7) is 6.95. The first-order chi connectivity index (χ1) is 14.8. The van der Waals surface area contributed by atoms with E-state index < -0.39 is 23.4 Å². The second-order valence-corrected chi connectivity index (χ2v) is 8.03. The third-order valence-corrected chi connectivity index (χ3v) is 5.62. The van der Waals surface area contributed by atoms with Crippen molar-refractivity contribution in [2.75, 3.05) is 29.9 Å². The van der Waals surface area contributed by atoms with Crippen LogP contribution < -0.4 is 10.2 Å². The summed E-state index contributed by atoms with van der Waals surface area (Å²) in [7, 11) is 0. The number of benzene rings is 2. The number of esters is 1. The lowest BCUT2D eigenvalue weighted by Crippen LogP contribution is -2.34. The highest BCUT2D eigenvalue weighted by Crippen LogP contribution is 2.32. The van der Waals surface area contributed by atoms with Gasteiger partial charge < -0.3 is 15.0 Å². The third kappa shape index (κ3) is 5.39. The highest BCUT2D eigenvalue weighted by atomic mass is 16.6. The Kier molecular flexibility index (Phi) is 6.89. The van der Waals surface area contributed by atoms with Gasteiger partial charge >= 0.3 is 5.97 Å². The molecule has 8 heteroatoms. The number of nitro groups is 1. The minimum absolute atomic E-state index is 0.0417. The van der Waals surface area contributed by atoms with E-state index in [2.05, 4.69) is 12.2 Å². The number of nitro benzene ring substituents is 1. The Bertz CT molecular complexity index is 1000. The van der Waals surface area contributed by atoms with Crippen LogP contribution in [0.5, 0.6) is 0 Å². The number of aryl methyl sites for hydroxylation is 1. The van der Waals surface area contributed by atoms with Crippen molar-refractivity contribution < 1.29 is 19.2 Å². The molecule has 2 aromatic rings. The lowest BCUT2D eigenvalue weighted by atomic mass is 9.99. The predicted octanol–water partition coefficient (Wildman–Crippen LogP) is 4.24. The van der Waals surface area contributed by atoms with Gasteiger partial charge in [-0.1, -0.05) is 19.1 Å². The van der Waals surface area contributed by atoms with E-state index in [4.69, 9.17) is 4.74 Å². The summed E-state index contributed by atoms with van der Waals surface area (Å²) >= 11 is 0. The molecule has 31 heavy (non-hydrogen) atoms. The van der Waals surface area contributed by atoms with E-state index in [9.17, 15) is 19.7 Å². The fourth-order valence-corrected chi connectivity index (χ4v) is 3.76. The zero-order valence-electron chi connectivity index (χ0n) is 18.0. The minimum Gasteiger partial charge on any atom is -0.452 e. The molecule has 1 saturated heterocycles. The van der Waals surface area contributed by atoms with Crippen molar-refractivity contribution in [3.05, 3.63) is 63.2 Å². The smallest absolute Gasteiger partial charge is 0.338 e. The van der Waals surface area contributed by atoms with Gasteiger partial charge in [-0.2, -0.15) is 0 Å². The molecule has 8 nitrogen and oxygen atoms in total. The zero-order chi connectivity index (χ0) is 22.5. The minimum atomic E-state index is -0.780. The van der Waals surface area contributed by atoms with E-state index in [1.54, 1.807) is 12.1 Å². The predicted molar refractivity (Wildman–Crippen MR) is 119 cm³/mol. The molecule has 1 aliphatic rings. The lowest BCUT2D eigenvalue weighted by molar-refractivity contribution is -0.384. The molecule has 0 unspecified atom stereocenters. The van der Waals surface area contributed by atoms with Gasteiger partial charge in [0.05, 0.1) is 10.5 Å². The van der Waals surface area contributed by atoms with Gasteiger partial charge in [-0.15, -0.1) is 0 Å². The zero-order valence-corrected chi connectivity index (χ0v) is 18.0. The molecule has 2 aromatic carbocycles. The maximum atomic E-state index is 12.4. The summed E-state index contributed by atoms with van der Waals surface area (Å²) < 4.78 is 5.08. The normalized spacial score (nSPS) is 16.0. The Balaban J connectivity index is 1.67. The molecular formula is C23H27N3O5. The first-order valence-electron chi connectivity index (χ1n) is 10.3. The highest BCUT2D eigenvalue weighted by Gasteiger charge is 2.25. The molecule has 0 aromatic heterocycles. The second-order valence-electron chi connectivity index (χ2n) is 8.03. The molecule has 1 atom stereocenters. The van der Waals surface area contributed by atoms with E-state index >= 15 is 0 Å². The largest absolute Gasteiger partial charge is 0.452 e. The first-order valence-corrected chi connectivity index (χ1v) is 10.3. The van der Waals surface area contributed by atoms with Crippen LogP contribution in [0.15, 0.2) is 36.4 Å². The summed E-state index contributed by atoms with van der Waals surface area (Å²) in [5.41, 5.74) is 3.02. The van der Waals surface area contributed by atoms with Crippen LogP contribution in [0.25, 0.3) is 0 Å². The quantitative estimate of drug-likeness (QED) is 0.422. The number of piperidine rings is 1. The monoisotopic (exact) mass is 425 g/mol. The number of hydrogen-bond acceptors (Lipinski definition) is 6. The number of carbonyl (C=O) groups is 2. The number of carbonyl (C=O) groups excluding carboxylic acids is 2. The number of nitrogens with zero attached hydrogens (tertiary/aromatic N) is 2. The van der Waals surface area contributed by atoms with Crippen molar-refractivity contribution in [2.45, 2.75) is 33.6 Å². The molecular weight excluding hydrogens is 398 g/mol. The Morgan fingerprint density at radius 1 is 1.26 bits per heavy atom. The molecule has 0 bridgehead atoms. The Morgan fingerprint density at radius 2 is 2.03 bits per heavy atom. The number of anilines is 2. The molecule has 1 amide bonds. The molecule has 0 aliphatic carbocycles. The highest BCUT2D eigenvalue weighted by molar-refractivity contribution is 5.96. The van der Waals surface area contributed by atoms with Gasteiger partial charge in [-0.25, -0.2) is 4.79 Å². The first kappa shape index (κ1) is 22.3. The third-order valence-electron chi connectivity index (χ3n) is 5.62. The second kappa shape index (κ2) is 9.59. The van der Waals surface area contributed by atoms with Crippen LogP contribution in [0.4, 0.5) is 17.1 Å². The molecule has 0 radical (unpaired) electrons. The van der Waals surface area contributed by atoms with Gasteiger partial charge in [0.2, 0.25) is 0 Å². The van der Waals surface area contributed by atoms with Crippen molar-refractivity contribution in [3.8, 4) is 0 Å². The van der Waals surface area contributed by atoms with Crippen LogP contribution in [-0.4, -0.2) is 36.5 Å². The van der Waals surface area contributed by atoms with Gasteiger partial charge in [0.1, 0.15) is 5.69 Å². The van der Waals surface area contributed by atoms with Crippen LogP contribution in [0.3, 0.4) is 0 Å². The molecule has 3 rings (SSSR count).